The van der Waals surface area contributed by atoms with Crippen molar-refractivity contribution < 1.29 is 0 Å². The monoisotopic (exact) mass is 1280 g/mol. The van der Waals surface area contributed by atoms with Gasteiger partial charge in [-0.1, -0.05) is 341 Å². The van der Waals surface area contributed by atoms with E-state index in [0.717, 1.165) is 33.9 Å². The van der Waals surface area contributed by atoms with Gasteiger partial charge in [0.25, 0.3) is 6.71 Å². The van der Waals surface area contributed by atoms with Crippen LogP contribution in [0.4, 0.5) is 34.1 Å². The third-order valence-corrected chi connectivity index (χ3v) is 22.1. The van der Waals surface area contributed by atoms with Gasteiger partial charge in [-0.25, -0.2) is 0 Å². The van der Waals surface area contributed by atoms with E-state index in [4.69, 9.17) is 0 Å². The van der Waals surface area contributed by atoms with Crippen molar-refractivity contribution in [3.8, 4) is 89.0 Å². The van der Waals surface area contributed by atoms with Gasteiger partial charge >= 0.3 is 0 Å². The van der Waals surface area contributed by atoms with E-state index >= 15 is 0 Å². The van der Waals surface area contributed by atoms with Gasteiger partial charge in [-0.15, -0.1) is 0 Å². The van der Waals surface area contributed by atoms with E-state index < -0.39 is 5.41 Å². The van der Waals surface area contributed by atoms with E-state index in [1.807, 2.05) is 0 Å². The predicted molar refractivity (Wildman–Crippen MR) is 425 cm³/mol. The Morgan fingerprint density at radius 3 is 1.11 bits per heavy atom. The molecule has 2 aliphatic carbocycles. The van der Waals surface area contributed by atoms with E-state index in [1.54, 1.807) is 0 Å². The first kappa shape index (κ1) is 61.1. The molecule has 0 N–H and O–H groups in total. The van der Waals surface area contributed by atoms with Crippen molar-refractivity contribution in [1.29, 1.82) is 0 Å². The molecule has 0 bridgehead atoms. The lowest BCUT2D eigenvalue weighted by molar-refractivity contribution is 0.590. The van der Waals surface area contributed by atoms with Crippen LogP contribution in [-0.2, 0) is 21.7 Å². The molecule has 3 heteroatoms. The Morgan fingerprint density at radius 1 is 0.240 bits per heavy atom. The molecule has 480 valence electrons. The Kier molecular flexibility index (Phi) is 14.0. The SMILES string of the molecule is CC(C)(C)c1ccc(-c2ccc3c(c2)B2c4ccc(-c5cccc6c5C5(c7ccccc7-c7ccccc75)c5ccccc5-6)cc4N(c4c(-c5ccccc5)cc(C(C)(C)C)cc4-c4ccccc4)c4cc(C(C)(C)C)cc(c42)N3c2c(-c3ccccc3)cccc2-c2ccccc2)cc1. The van der Waals surface area contributed by atoms with Gasteiger partial charge in [0.05, 0.1) is 16.8 Å². The summed E-state index contributed by atoms with van der Waals surface area (Å²) in [5.41, 5.74) is 38.2. The van der Waals surface area contributed by atoms with Crippen molar-refractivity contribution in [1.82, 2.24) is 0 Å². The topological polar surface area (TPSA) is 6.48 Å². The molecule has 2 nitrogen and oxygen atoms in total. The Hall–Kier alpha value is -11.3. The molecule has 0 amide bonds. The highest BCUT2D eigenvalue weighted by Crippen LogP contribution is 2.65. The van der Waals surface area contributed by atoms with Crippen molar-refractivity contribution in [3.05, 3.63) is 354 Å². The highest BCUT2D eigenvalue weighted by atomic mass is 15.2. The van der Waals surface area contributed by atoms with Crippen molar-refractivity contribution >= 4 is 57.2 Å². The average Bonchev–Trinajstić information content (AvgIpc) is 1.32. The van der Waals surface area contributed by atoms with Gasteiger partial charge in [0, 0.05) is 45.0 Å². The minimum absolute atomic E-state index is 0.00430. The first-order valence-electron chi connectivity index (χ1n) is 35.7. The smallest absolute Gasteiger partial charge is 0.252 e. The molecule has 0 unspecified atom stereocenters. The van der Waals surface area contributed by atoms with E-state index in [9.17, 15) is 0 Å². The zero-order valence-corrected chi connectivity index (χ0v) is 58.5. The summed E-state index contributed by atoms with van der Waals surface area (Å²) >= 11 is 0. The fourth-order valence-electron chi connectivity index (χ4n) is 17.3. The highest BCUT2D eigenvalue weighted by molar-refractivity contribution is 7.00. The normalized spacial score (nSPS) is 13.7. The summed E-state index contributed by atoms with van der Waals surface area (Å²) in [5, 5.41) is 0. The Balaban J connectivity index is 1.01. The number of rotatable bonds is 8. The van der Waals surface area contributed by atoms with E-state index in [1.165, 1.54) is 145 Å². The second-order valence-electron chi connectivity index (χ2n) is 31.1. The number of hydrogen-bond acceptors (Lipinski definition) is 2. The quantitative estimate of drug-likeness (QED) is 0.140. The first-order valence-corrected chi connectivity index (χ1v) is 35.7. The predicted octanol–water partition coefficient (Wildman–Crippen LogP) is 24.0. The summed E-state index contributed by atoms with van der Waals surface area (Å²) < 4.78 is 0. The minimum atomic E-state index is -0.569. The zero-order chi connectivity index (χ0) is 68.0. The lowest BCUT2D eigenvalue weighted by Crippen LogP contribution is -2.61. The van der Waals surface area contributed by atoms with Crippen molar-refractivity contribution in [2.45, 2.75) is 84.0 Å². The number of hydrogen-bond donors (Lipinski definition) is 0. The van der Waals surface area contributed by atoms with Gasteiger partial charge in [-0.2, -0.15) is 0 Å². The Labute approximate surface area is 590 Å². The minimum Gasteiger partial charge on any atom is -0.310 e. The fourth-order valence-corrected chi connectivity index (χ4v) is 17.3. The van der Waals surface area contributed by atoms with Crippen LogP contribution < -0.4 is 26.2 Å². The number of fused-ring (bicyclic) bond motifs is 14. The summed E-state index contributed by atoms with van der Waals surface area (Å²) in [6, 6.07) is 121. The fraction of sp³-hybridized carbons (Fsp3) is 0.134. The molecule has 100 heavy (non-hydrogen) atoms. The molecule has 0 saturated heterocycles. The number of anilines is 6. The first-order chi connectivity index (χ1) is 48.5. The second kappa shape index (κ2) is 22.9. The van der Waals surface area contributed by atoms with Crippen LogP contribution in [0, 0.1) is 0 Å². The zero-order valence-electron chi connectivity index (χ0n) is 58.5. The van der Waals surface area contributed by atoms with Gasteiger partial charge in [-0.05, 0) is 175 Å². The third kappa shape index (κ3) is 9.45. The molecule has 0 fully saturated rings. The molecular weight excluding hydrogens is 1200 g/mol. The third-order valence-electron chi connectivity index (χ3n) is 22.1. The summed E-state index contributed by atoms with van der Waals surface area (Å²) in [7, 11) is 0. The second-order valence-corrected chi connectivity index (χ2v) is 31.1. The molecule has 0 saturated carbocycles. The van der Waals surface area contributed by atoms with E-state index in [2.05, 4.69) is 388 Å². The standard InChI is InChI=1S/C97H79BN2/c1-94(2,3)69-52-48-62(49-53-69)67-51-55-86-85(56-67)98-84-54-50-68(72-41-28-44-78-77-40-24-27-47-83(77)97(90(72)78)81-45-25-22-38-75(81)76-39-23-26-46-82(76)97)57-87(84)100(93-79(65-34-18-12-19-35-65)58-70(95(4,5)6)59-80(93)66-36-20-13-21-37-66)89-61-71(96(7,8)9)60-88(91(89)98)99(86)92-73(63-30-14-10-15-31-63)42-29-43-74(92)64-32-16-11-17-33-64/h10-61H,1-9H3. The molecule has 18 rings (SSSR count). The van der Waals surface area contributed by atoms with Crippen LogP contribution in [-0.4, -0.2) is 6.71 Å². The van der Waals surface area contributed by atoms with Crippen LogP contribution in [0.3, 0.4) is 0 Å². The molecule has 0 atom stereocenters. The lowest BCUT2D eigenvalue weighted by atomic mass is 9.33. The molecular formula is C97H79BN2. The summed E-state index contributed by atoms with van der Waals surface area (Å²) in [6.45, 7) is 21.0. The summed E-state index contributed by atoms with van der Waals surface area (Å²) in [6.07, 6.45) is 0. The van der Waals surface area contributed by atoms with Crippen LogP contribution in [0.1, 0.15) is 101 Å². The van der Waals surface area contributed by atoms with E-state index in [0.29, 0.717) is 0 Å². The molecule has 2 aliphatic heterocycles. The van der Waals surface area contributed by atoms with Gasteiger partial charge in [0.2, 0.25) is 0 Å². The van der Waals surface area contributed by atoms with Crippen molar-refractivity contribution in [3.63, 3.8) is 0 Å². The lowest BCUT2D eigenvalue weighted by Gasteiger charge is -2.46. The number of nitrogens with zero attached hydrogens (tertiary/aromatic N) is 2. The highest BCUT2D eigenvalue weighted by Gasteiger charge is 2.53. The molecule has 4 aliphatic rings. The van der Waals surface area contributed by atoms with E-state index in [-0.39, 0.29) is 23.0 Å². The number of benzene rings is 14. The summed E-state index contributed by atoms with van der Waals surface area (Å²) in [5.74, 6) is 0. The van der Waals surface area contributed by atoms with Crippen LogP contribution in [0.25, 0.3) is 89.0 Å². The molecule has 1 spiro atoms. The van der Waals surface area contributed by atoms with Gasteiger partial charge < -0.3 is 9.80 Å². The number of para-hydroxylation sites is 1. The van der Waals surface area contributed by atoms with Crippen molar-refractivity contribution in [2.24, 2.45) is 0 Å². The van der Waals surface area contributed by atoms with Gasteiger partial charge in [0.15, 0.2) is 0 Å². The summed E-state index contributed by atoms with van der Waals surface area (Å²) in [4.78, 5) is 5.45. The molecule has 0 aromatic heterocycles. The largest absolute Gasteiger partial charge is 0.310 e. The molecule has 2 heterocycles. The van der Waals surface area contributed by atoms with Crippen LogP contribution >= 0.6 is 0 Å². The molecule has 14 aromatic carbocycles. The maximum atomic E-state index is 2.76. The maximum absolute atomic E-state index is 2.76. The molecule has 14 aromatic rings. The Morgan fingerprint density at radius 2 is 0.620 bits per heavy atom. The van der Waals surface area contributed by atoms with Crippen LogP contribution in [0.5, 0.6) is 0 Å². The average molecular weight is 1280 g/mol. The maximum Gasteiger partial charge on any atom is 0.252 e. The van der Waals surface area contributed by atoms with Crippen LogP contribution in [0.2, 0.25) is 0 Å². The van der Waals surface area contributed by atoms with Gasteiger partial charge in [0.1, 0.15) is 0 Å². The van der Waals surface area contributed by atoms with Crippen LogP contribution in [0.15, 0.2) is 315 Å². The Bertz CT molecular complexity index is 5410. The van der Waals surface area contributed by atoms with Crippen molar-refractivity contribution in [2.75, 3.05) is 9.80 Å². The van der Waals surface area contributed by atoms with Gasteiger partial charge in [-0.3, -0.25) is 0 Å². The molecule has 0 radical (unpaired) electrons.